The lowest BCUT2D eigenvalue weighted by Crippen LogP contribution is -2.50. The van der Waals surface area contributed by atoms with E-state index in [1.54, 1.807) is 17.0 Å². The van der Waals surface area contributed by atoms with Crippen LogP contribution in [0.25, 0.3) is 0 Å². The molecule has 0 aliphatic carbocycles. The van der Waals surface area contributed by atoms with Crippen LogP contribution < -0.4 is 0 Å². The van der Waals surface area contributed by atoms with Gasteiger partial charge in [0.25, 0.3) is 5.91 Å². The fraction of sp³-hybridized carbons (Fsp3) is 0.500. The monoisotopic (exact) mass is 306 g/mol. The van der Waals surface area contributed by atoms with E-state index in [-0.39, 0.29) is 11.9 Å². The molecule has 120 valence electrons. The zero-order valence-corrected chi connectivity index (χ0v) is 13.0. The van der Waals surface area contributed by atoms with Crippen molar-refractivity contribution in [1.82, 2.24) is 9.80 Å². The molecular formula is C16H22N2O4. The molecule has 1 aromatic carbocycles. The van der Waals surface area contributed by atoms with Gasteiger partial charge in [0.15, 0.2) is 0 Å². The number of carbonyl (C=O) groups is 2. The number of rotatable bonds is 4. The first-order valence-electron chi connectivity index (χ1n) is 7.37. The van der Waals surface area contributed by atoms with Gasteiger partial charge >= 0.3 is 5.97 Å². The Morgan fingerprint density at radius 2 is 1.77 bits per heavy atom. The van der Waals surface area contributed by atoms with E-state index in [1.807, 2.05) is 12.1 Å². The minimum atomic E-state index is -0.933. The smallest absolute Gasteiger partial charge is 0.337 e. The zero-order chi connectivity index (χ0) is 16.1. The molecule has 0 bridgehead atoms. The first-order valence-corrected chi connectivity index (χ1v) is 7.37. The van der Waals surface area contributed by atoms with Gasteiger partial charge in [-0.3, -0.25) is 9.69 Å². The average Bonchev–Trinajstić information content (AvgIpc) is 2.54. The van der Waals surface area contributed by atoms with Crippen LogP contribution in [0.4, 0.5) is 0 Å². The Morgan fingerprint density at radius 1 is 1.18 bits per heavy atom. The van der Waals surface area contributed by atoms with Crippen LogP contribution >= 0.6 is 0 Å². The maximum absolute atomic E-state index is 11.7. The number of nitrogens with zero attached hydrogens (tertiary/aromatic N) is 2. The van der Waals surface area contributed by atoms with Crippen molar-refractivity contribution in [2.24, 2.45) is 0 Å². The average molecular weight is 306 g/mol. The first kappa shape index (κ1) is 16.5. The summed E-state index contributed by atoms with van der Waals surface area (Å²) in [6.07, 6.45) is -0.933. The predicted octanol–water partition coefficient (Wildman–Crippen LogP) is 0.498. The number of piperazine rings is 1. The topological polar surface area (TPSA) is 70.1 Å². The first-order chi connectivity index (χ1) is 10.5. The summed E-state index contributed by atoms with van der Waals surface area (Å²) in [6, 6.07) is 7.35. The van der Waals surface area contributed by atoms with E-state index in [2.05, 4.69) is 9.64 Å². The summed E-state index contributed by atoms with van der Waals surface area (Å²) >= 11 is 0. The molecule has 1 heterocycles. The van der Waals surface area contributed by atoms with Crippen molar-refractivity contribution in [2.75, 3.05) is 33.3 Å². The van der Waals surface area contributed by atoms with E-state index in [9.17, 15) is 14.7 Å². The highest BCUT2D eigenvalue weighted by Crippen LogP contribution is 2.11. The van der Waals surface area contributed by atoms with Crippen molar-refractivity contribution >= 4 is 11.9 Å². The second kappa shape index (κ2) is 7.38. The number of aliphatic hydroxyl groups excluding tert-OH is 1. The third-order valence-electron chi connectivity index (χ3n) is 3.82. The quantitative estimate of drug-likeness (QED) is 0.820. The Kier molecular flexibility index (Phi) is 5.51. The molecule has 1 aromatic rings. The Bertz CT molecular complexity index is 519. The molecule has 1 fully saturated rings. The SMILES string of the molecule is COC(=O)c1ccc(CN2CCN(C(=O)C(C)O)CC2)cc1. The van der Waals surface area contributed by atoms with Gasteiger partial charge in [0.2, 0.25) is 0 Å². The lowest BCUT2D eigenvalue weighted by atomic mass is 10.1. The number of aliphatic hydroxyl groups is 1. The molecule has 0 saturated carbocycles. The summed E-state index contributed by atoms with van der Waals surface area (Å²) in [5.74, 6) is -0.543. The maximum atomic E-state index is 11.7. The Balaban J connectivity index is 1.86. The summed E-state index contributed by atoms with van der Waals surface area (Å²) in [4.78, 5) is 27.0. The normalized spacial score (nSPS) is 17.1. The summed E-state index contributed by atoms with van der Waals surface area (Å²) in [5, 5.41) is 9.32. The summed E-state index contributed by atoms with van der Waals surface area (Å²) < 4.78 is 4.67. The van der Waals surface area contributed by atoms with E-state index in [0.29, 0.717) is 18.7 Å². The van der Waals surface area contributed by atoms with E-state index in [4.69, 9.17) is 0 Å². The minimum Gasteiger partial charge on any atom is -0.465 e. The van der Waals surface area contributed by atoms with E-state index >= 15 is 0 Å². The van der Waals surface area contributed by atoms with Gasteiger partial charge in [0.05, 0.1) is 12.7 Å². The van der Waals surface area contributed by atoms with Gasteiger partial charge < -0.3 is 14.7 Å². The van der Waals surface area contributed by atoms with Crippen LogP contribution in [0.1, 0.15) is 22.8 Å². The molecule has 1 unspecified atom stereocenters. The number of esters is 1. The van der Waals surface area contributed by atoms with Gasteiger partial charge in [-0.1, -0.05) is 12.1 Å². The highest BCUT2D eigenvalue weighted by atomic mass is 16.5. The highest BCUT2D eigenvalue weighted by molar-refractivity contribution is 5.89. The number of hydrogen-bond donors (Lipinski definition) is 1. The number of amides is 1. The van der Waals surface area contributed by atoms with Crippen LogP contribution in [0.5, 0.6) is 0 Å². The molecule has 6 nitrogen and oxygen atoms in total. The molecule has 0 spiro atoms. The number of hydrogen-bond acceptors (Lipinski definition) is 5. The molecule has 1 aliphatic heterocycles. The van der Waals surface area contributed by atoms with Crippen molar-refractivity contribution in [2.45, 2.75) is 19.6 Å². The second-order valence-corrected chi connectivity index (χ2v) is 5.47. The molecule has 6 heteroatoms. The maximum Gasteiger partial charge on any atom is 0.337 e. The summed E-state index contributed by atoms with van der Waals surface area (Å²) in [5.41, 5.74) is 1.65. The van der Waals surface area contributed by atoms with Crippen molar-refractivity contribution in [3.8, 4) is 0 Å². The molecule has 0 aromatic heterocycles. The molecule has 1 saturated heterocycles. The van der Waals surface area contributed by atoms with Crippen LogP contribution in [-0.2, 0) is 16.1 Å². The van der Waals surface area contributed by atoms with E-state index < -0.39 is 6.10 Å². The number of benzene rings is 1. The molecule has 1 amide bonds. The standard InChI is InChI=1S/C16H22N2O4/c1-12(19)15(20)18-9-7-17(8-10-18)11-13-3-5-14(6-4-13)16(21)22-2/h3-6,12,19H,7-11H2,1-2H3. The van der Waals surface area contributed by atoms with E-state index in [1.165, 1.54) is 14.0 Å². The van der Waals surface area contributed by atoms with Crippen molar-refractivity contribution in [3.05, 3.63) is 35.4 Å². The fourth-order valence-electron chi connectivity index (χ4n) is 2.51. The number of methoxy groups -OCH3 is 1. The number of carbonyl (C=O) groups excluding carboxylic acids is 2. The molecule has 1 atom stereocenters. The molecule has 1 aliphatic rings. The third-order valence-corrected chi connectivity index (χ3v) is 3.82. The second-order valence-electron chi connectivity index (χ2n) is 5.47. The van der Waals surface area contributed by atoms with Crippen LogP contribution in [0, 0.1) is 0 Å². The molecule has 1 N–H and O–H groups in total. The Morgan fingerprint density at radius 3 is 2.27 bits per heavy atom. The largest absolute Gasteiger partial charge is 0.465 e. The van der Waals surface area contributed by atoms with Gasteiger partial charge in [0.1, 0.15) is 6.10 Å². The summed E-state index contributed by atoms with van der Waals surface area (Å²) in [6.45, 7) is 5.08. The Labute approximate surface area is 130 Å². The van der Waals surface area contributed by atoms with Crippen LogP contribution in [0.2, 0.25) is 0 Å². The lowest BCUT2D eigenvalue weighted by Gasteiger charge is -2.35. The van der Waals surface area contributed by atoms with Crippen LogP contribution in [0.3, 0.4) is 0 Å². The fourth-order valence-corrected chi connectivity index (χ4v) is 2.51. The van der Waals surface area contributed by atoms with Gasteiger partial charge in [0, 0.05) is 32.7 Å². The third kappa shape index (κ3) is 4.05. The zero-order valence-electron chi connectivity index (χ0n) is 13.0. The van der Waals surface area contributed by atoms with Gasteiger partial charge in [-0.05, 0) is 24.6 Å². The lowest BCUT2D eigenvalue weighted by molar-refractivity contribution is -0.141. The molecule has 22 heavy (non-hydrogen) atoms. The van der Waals surface area contributed by atoms with Crippen molar-refractivity contribution < 1.29 is 19.4 Å². The van der Waals surface area contributed by atoms with Crippen LogP contribution in [0.15, 0.2) is 24.3 Å². The number of ether oxygens (including phenoxy) is 1. The van der Waals surface area contributed by atoms with Gasteiger partial charge in [-0.15, -0.1) is 0 Å². The molecule has 0 radical (unpaired) electrons. The summed E-state index contributed by atoms with van der Waals surface area (Å²) in [7, 11) is 1.37. The Hall–Kier alpha value is -1.92. The van der Waals surface area contributed by atoms with Crippen molar-refractivity contribution in [3.63, 3.8) is 0 Å². The van der Waals surface area contributed by atoms with Gasteiger partial charge in [-0.25, -0.2) is 4.79 Å². The molecular weight excluding hydrogens is 284 g/mol. The minimum absolute atomic E-state index is 0.206. The highest BCUT2D eigenvalue weighted by Gasteiger charge is 2.23. The molecule has 2 rings (SSSR count). The van der Waals surface area contributed by atoms with Crippen LogP contribution in [-0.4, -0.2) is 66.2 Å². The van der Waals surface area contributed by atoms with Gasteiger partial charge in [-0.2, -0.15) is 0 Å². The predicted molar refractivity (Wildman–Crippen MR) is 81.3 cm³/mol. The van der Waals surface area contributed by atoms with E-state index in [0.717, 1.165) is 25.2 Å². The van der Waals surface area contributed by atoms with Crippen molar-refractivity contribution in [1.29, 1.82) is 0 Å².